The van der Waals surface area contributed by atoms with Crippen LogP contribution in [0.1, 0.15) is 24.2 Å². The minimum Gasteiger partial charge on any atom is -0.454 e. The van der Waals surface area contributed by atoms with E-state index in [9.17, 15) is 14.0 Å². The molecule has 2 aromatic rings. The number of carbonyl (C=O) groups excluding carboxylic acids is 2. The fourth-order valence-corrected chi connectivity index (χ4v) is 2.57. The average Bonchev–Trinajstić information content (AvgIpc) is 3.08. The number of benzene rings is 2. The number of anilines is 1. The van der Waals surface area contributed by atoms with Crippen LogP contribution in [-0.2, 0) is 4.79 Å². The van der Waals surface area contributed by atoms with Gasteiger partial charge in [0, 0.05) is 17.3 Å². The smallest absolute Gasteiger partial charge is 0.254 e. The second-order valence-electron chi connectivity index (χ2n) is 6.15. The molecular weight excluding hydrogens is 339 g/mol. The monoisotopic (exact) mass is 358 g/mol. The number of carbonyl (C=O) groups is 2. The number of rotatable bonds is 5. The zero-order valence-electron chi connectivity index (χ0n) is 14.5. The predicted molar refractivity (Wildman–Crippen MR) is 93.8 cm³/mol. The van der Waals surface area contributed by atoms with Crippen molar-refractivity contribution in [2.24, 2.45) is 0 Å². The molecule has 1 N–H and O–H groups in total. The number of ether oxygens (including phenoxy) is 2. The van der Waals surface area contributed by atoms with Gasteiger partial charge in [-0.1, -0.05) is 0 Å². The Kier molecular flexibility index (Phi) is 5.06. The van der Waals surface area contributed by atoms with Gasteiger partial charge in [-0.05, 0) is 56.3 Å². The first-order valence-electron chi connectivity index (χ1n) is 8.20. The molecule has 0 radical (unpaired) electrons. The Morgan fingerprint density at radius 1 is 1.12 bits per heavy atom. The minimum atomic E-state index is -0.384. The fraction of sp³-hybridized carbons (Fsp3) is 0.263. The van der Waals surface area contributed by atoms with Crippen LogP contribution in [0.2, 0.25) is 0 Å². The summed E-state index contributed by atoms with van der Waals surface area (Å²) < 4.78 is 23.5. The lowest BCUT2D eigenvalue weighted by atomic mass is 10.1. The van der Waals surface area contributed by atoms with E-state index in [0.29, 0.717) is 22.7 Å². The summed E-state index contributed by atoms with van der Waals surface area (Å²) in [7, 11) is 0. The van der Waals surface area contributed by atoms with Crippen LogP contribution in [-0.4, -0.2) is 36.1 Å². The van der Waals surface area contributed by atoms with Crippen molar-refractivity contribution in [1.82, 2.24) is 4.90 Å². The first-order chi connectivity index (χ1) is 12.4. The van der Waals surface area contributed by atoms with Crippen LogP contribution >= 0.6 is 0 Å². The van der Waals surface area contributed by atoms with Gasteiger partial charge in [-0.2, -0.15) is 0 Å². The van der Waals surface area contributed by atoms with Gasteiger partial charge >= 0.3 is 0 Å². The van der Waals surface area contributed by atoms with Gasteiger partial charge in [-0.25, -0.2) is 4.39 Å². The van der Waals surface area contributed by atoms with Crippen molar-refractivity contribution in [3.8, 4) is 11.5 Å². The Balaban J connectivity index is 1.71. The maximum absolute atomic E-state index is 12.9. The number of nitrogens with one attached hydrogen (secondary N) is 1. The maximum Gasteiger partial charge on any atom is 0.254 e. The van der Waals surface area contributed by atoms with Crippen LogP contribution in [0.5, 0.6) is 11.5 Å². The molecule has 1 aliphatic rings. The van der Waals surface area contributed by atoms with E-state index in [2.05, 4.69) is 5.32 Å². The van der Waals surface area contributed by atoms with Gasteiger partial charge in [-0.15, -0.1) is 0 Å². The molecule has 0 aliphatic carbocycles. The molecule has 0 aromatic heterocycles. The lowest BCUT2D eigenvalue weighted by Gasteiger charge is -2.26. The van der Waals surface area contributed by atoms with Crippen molar-refractivity contribution in [2.45, 2.75) is 19.9 Å². The summed E-state index contributed by atoms with van der Waals surface area (Å²) in [5.41, 5.74) is 0.883. The molecule has 2 aromatic carbocycles. The second kappa shape index (κ2) is 7.43. The normalized spacial score (nSPS) is 12.2. The van der Waals surface area contributed by atoms with Gasteiger partial charge in [0.2, 0.25) is 12.7 Å². The molecule has 26 heavy (non-hydrogen) atoms. The Morgan fingerprint density at radius 2 is 1.81 bits per heavy atom. The van der Waals surface area contributed by atoms with Crippen LogP contribution in [0.25, 0.3) is 0 Å². The highest BCUT2D eigenvalue weighted by atomic mass is 19.1. The highest BCUT2D eigenvalue weighted by Crippen LogP contribution is 2.32. The quantitative estimate of drug-likeness (QED) is 0.892. The number of hydrogen-bond donors (Lipinski definition) is 1. The third kappa shape index (κ3) is 3.93. The maximum atomic E-state index is 12.9. The van der Waals surface area contributed by atoms with Crippen LogP contribution in [0.15, 0.2) is 42.5 Å². The molecular formula is C19H19FN2O4. The molecule has 136 valence electrons. The Morgan fingerprint density at radius 3 is 2.50 bits per heavy atom. The minimum absolute atomic E-state index is 0.123. The SMILES string of the molecule is CC(C)N(CC(=O)Nc1ccc(F)cc1)C(=O)c1ccc2c(c1)OCO2. The number of amides is 2. The Labute approximate surface area is 150 Å². The van der Waals surface area contributed by atoms with Gasteiger partial charge in [-0.3, -0.25) is 9.59 Å². The van der Waals surface area contributed by atoms with Crippen molar-refractivity contribution >= 4 is 17.5 Å². The van der Waals surface area contributed by atoms with E-state index in [0.717, 1.165) is 0 Å². The molecule has 0 spiro atoms. The standard InChI is InChI=1S/C19H19FN2O4/c1-12(2)22(10-18(23)21-15-6-4-14(20)5-7-15)19(24)13-3-8-16-17(9-13)26-11-25-16/h3-9,12H,10-11H2,1-2H3,(H,21,23). The molecule has 2 amide bonds. The molecule has 6 nitrogen and oxygen atoms in total. The summed E-state index contributed by atoms with van der Waals surface area (Å²) in [6.07, 6.45) is 0. The summed E-state index contributed by atoms with van der Waals surface area (Å²) in [4.78, 5) is 26.6. The Bertz CT molecular complexity index is 821. The molecule has 0 bridgehead atoms. The number of halogens is 1. The van der Waals surface area contributed by atoms with Crippen molar-refractivity contribution < 1.29 is 23.5 Å². The highest BCUT2D eigenvalue weighted by Gasteiger charge is 2.24. The third-order valence-electron chi connectivity index (χ3n) is 3.95. The molecule has 0 fully saturated rings. The molecule has 0 saturated heterocycles. The highest BCUT2D eigenvalue weighted by molar-refractivity contribution is 5.99. The van der Waals surface area contributed by atoms with Crippen molar-refractivity contribution in [3.05, 3.63) is 53.8 Å². The molecule has 3 rings (SSSR count). The van der Waals surface area contributed by atoms with E-state index in [-0.39, 0.29) is 37.0 Å². The third-order valence-corrected chi connectivity index (χ3v) is 3.95. The summed E-state index contributed by atoms with van der Waals surface area (Å²) in [5.74, 6) is 0.0683. The Hall–Kier alpha value is -3.09. The van der Waals surface area contributed by atoms with E-state index in [1.165, 1.54) is 29.2 Å². The number of hydrogen-bond acceptors (Lipinski definition) is 4. The lowest BCUT2D eigenvalue weighted by Crippen LogP contribution is -2.42. The summed E-state index contributed by atoms with van der Waals surface area (Å²) >= 11 is 0. The van der Waals surface area contributed by atoms with Gasteiger partial charge in [0.25, 0.3) is 5.91 Å². The van der Waals surface area contributed by atoms with Gasteiger partial charge < -0.3 is 19.7 Å². The van der Waals surface area contributed by atoms with Gasteiger partial charge in [0.1, 0.15) is 12.4 Å². The van der Waals surface area contributed by atoms with Gasteiger partial charge in [0.05, 0.1) is 0 Å². The van der Waals surface area contributed by atoms with Crippen molar-refractivity contribution in [3.63, 3.8) is 0 Å². The molecule has 7 heteroatoms. The van der Waals surface area contributed by atoms with Crippen LogP contribution < -0.4 is 14.8 Å². The van der Waals surface area contributed by atoms with E-state index in [4.69, 9.17) is 9.47 Å². The van der Waals surface area contributed by atoms with Crippen molar-refractivity contribution in [2.75, 3.05) is 18.7 Å². The van der Waals surface area contributed by atoms with E-state index in [1.54, 1.807) is 18.2 Å². The average molecular weight is 358 g/mol. The van der Waals surface area contributed by atoms with E-state index < -0.39 is 0 Å². The van der Waals surface area contributed by atoms with Gasteiger partial charge in [0.15, 0.2) is 11.5 Å². The topological polar surface area (TPSA) is 67.9 Å². The van der Waals surface area contributed by atoms with Crippen molar-refractivity contribution in [1.29, 1.82) is 0 Å². The first kappa shape index (κ1) is 17.7. The molecule has 1 aliphatic heterocycles. The summed E-state index contributed by atoms with van der Waals surface area (Å²) in [5, 5.41) is 2.66. The van der Waals surface area contributed by atoms with Crippen LogP contribution in [0.3, 0.4) is 0 Å². The second-order valence-corrected chi connectivity index (χ2v) is 6.15. The largest absolute Gasteiger partial charge is 0.454 e. The fourth-order valence-electron chi connectivity index (χ4n) is 2.57. The lowest BCUT2D eigenvalue weighted by molar-refractivity contribution is -0.117. The predicted octanol–water partition coefficient (Wildman–Crippen LogP) is 3.04. The van der Waals surface area contributed by atoms with E-state index in [1.807, 2.05) is 13.8 Å². The zero-order chi connectivity index (χ0) is 18.7. The zero-order valence-corrected chi connectivity index (χ0v) is 14.5. The number of fused-ring (bicyclic) bond motifs is 1. The summed E-state index contributed by atoms with van der Waals surface area (Å²) in [6, 6.07) is 10.2. The number of nitrogens with zero attached hydrogens (tertiary/aromatic N) is 1. The van der Waals surface area contributed by atoms with Crippen LogP contribution in [0, 0.1) is 5.82 Å². The summed E-state index contributed by atoms with van der Waals surface area (Å²) in [6.45, 7) is 3.66. The molecule has 0 unspecified atom stereocenters. The van der Waals surface area contributed by atoms with E-state index >= 15 is 0 Å². The first-order valence-corrected chi connectivity index (χ1v) is 8.20. The van der Waals surface area contributed by atoms with Crippen LogP contribution in [0.4, 0.5) is 10.1 Å². The molecule has 1 heterocycles. The molecule has 0 saturated carbocycles. The molecule has 0 atom stereocenters.